The first-order valence-electron chi connectivity index (χ1n) is 4.95. The number of hydrogen-bond acceptors (Lipinski definition) is 4. The van der Waals surface area contributed by atoms with Crippen LogP contribution in [0.25, 0.3) is 17.0 Å². The molecule has 0 aliphatic rings. The molecule has 78 valence electrons. The van der Waals surface area contributed by atoms with Crippen molar-refractivity contribution < 1.29 is 0 Å². The molecule has 0 atom stereocenters. The van der Waals surface area contributed by atoms with Crippen LogP contribution in [0.2, 0.25) is 0 Å². The van der Waals surface area contributed by atoms with Crippen molar-refractivity contribution in [3.05, 3.63) is 42.4 Å². The van der Waals surface area contributed by atoms with E-state index in [1.54, 1.807) is 23.0 Å². The van der Waals surface area contributed by atoms with Gasteiger partial charge in [0.2, 0.25) is 0 Å². The van der Waals surface area contributed by atoms with E-state index in [1.165, 1.54) is 0 Å². The fraction of sp³-hybridized carbons (Fsp3) is 0.0909. The Morgan fingerprint density at radius 2 is 1.88 bits per heavy atom. The zero-order chi connectivity index (χ0) is 11.0. The van der Waals surface area contributed by atoms with E-state index in [4.69, 9.17) is 0 Å². The highest BCUT2D eigenvalue weighted by molar-refractivity contribution is 5.59. The number of nitrogens with zero attached hydrogens (tertiary/aromatic N) is 5. The molecule has 0 amide bonds. The number of hydrogen-bond donors (Lipinski definition) is 0. The lowest BCUT2D eigenvalue weighted by atomic mass is 10.3. The van der Waals surface area contributed by atoms with E-state index in [-0.39, 0.29) is 0 Å². The standard InChI is InChI=1S/C11H9N5/c1-8-9-4-2-5-10(16(9)15-14-8)11-12-6-3-7-13-11/h2-7H,1H3. The normalized spacial score (nSPS) is 10.8. The Morgan fingerprint density at radius 1 is 1.06 bits per heavy atom. The molecule has 3 rings (SSSR count). The Labute approximate surface area is 91.8 Å². The fourth-order valence-corrected chi connectivity index (χ4v) is 1.64. The summed E-state index contributed by atoms with van der Waals surface area (Å²) >= 11 is 0. The molecule has 3 aromatic rings. The molecule has 0 unspecified atom stereocenters. The lowest BCUT2D eigenvalue weighted by Crippen LogP contribution is -1.97. The Bertz CT molecular complexity index is 629. The van der Waals surface area contributed by atoms with E-state index in [0.717, 1.165) is 16.9 Å². The molecule has 3 heterocycles. The van der Waals surface area contributed by atoms with Crippen molar-refractivity contribution in [2.75, 3.05) is 0 Å². The minimum absolute atomic E-state index is 0.651. The molecule has 0 saturated carbocycles. The third kappa shape index (κ3) is 1.25. The van der Waals surface area contributed by atoms with Crippen LogP contribution in [0.15, 0.2) is 36.7 Å². The molecular weight excluding hydrogens is 202 g/mol. The van der Waals surface area contributed by atoms with Gasteiger partial charge in [0, 0.05) is 12.4 Å². The van der Waals surface area contributed by atoms with E-state index in [9.17, 15) is 0 Å². The van der Waals surface area contributed by atoms with Gasteiger partial charge in [0.25, 0.3) is 0 Å². The van der Waals surface area contributed by atoms with Crippen LogP contribution in [0.5, 0.6) is 0 Å². The molecule has 0 fully saturated rings. The molecular formula is C11H9N5. The zero-order valence-corrected chi connectivity index (χ0v) is 8.70. The van der Waals surface area contributed by atoms with E-state index in [2.05, 4.69) is 20.3 Å². The van der Waals surface area contributed by atoms with Gasteiger partial charge in [-0.2, -0.15) is 0 Å². The summed E-state index contributed by atoms with van der Waals surface area (Å²) in [5.41, 5.74) is 2.72. The fourth-order valence-electron chi connectivity index (χ4n) is 1.64. The first-order chi connectivity index (χ1) is 7.86. The number of aryl methyl sites for hydroxylation is 1. The second kappa shape index (κ2) is 3.37. The third-order valence-corrected chi connectivity index (χ3v) is 2.41. The highest BCUT2D eigenvalue weighted by Gasteiger charge is 2.08. The zero-order valence-electron chi connectivity index (χ0n) is 8.70. The molecule has 0 radical (unpaired) electrons. The Morgan fingerprint density at radius 3 is 2.69 bits per heavy atom. The van der Waals surface area contributed by atoms with Gasteiger partial charge in [-0.3, -0.25) is 0 Å². The lowest BCUT2D eigenvalue weighted by molar-refractivity contribution is 0.848. The van der Waals surface area contributed by atoms with Crippen molar-refractivity contribution >= 4 is 5.52 Å². The summed E-state index contributed by atoms with van der Waals surface area (Å²) < 4.78 is 1.75. The minimum atomic E-state index is 0.651. The van der Waals surface area contributed by atoms with Gasteiger partial charge in [-0.1, -0.05) is 11.3 Å². The molecule has 5 nitrogen and oxygen atoms in total. The van der Waals surface area contributed by atoms with Gasteiger partial charge in [0.15, 0.2) is 5.82 Å². The van der Waals surface area contributed by atoms with Crippen molar-refractivity contribution in [1.82, 2.24) is 24.8 Å². The first kappa shape index (κ1) is 8.96. The SMILES string of the molecule is Cc1nnn2c(-c3ncccn3)cccc12. The maximum Gasteiger partial charge on any atom is 0.178 e. The van der Waals surface area contributed by atoms with Crippen LogP contribution in [0.1, 0.15) is 5.69 Å². The summed E-state index contributed by atoms with van der Waals surface area (Å²) in [6, 6.07) is 7.64. The molecule has 0 bridgehead atoms. The smallest absolute Gasteiger partial charge is 0.178 e. The predicted molar refractivity (Wildman–Crippen MR) is 58.8 cm³/mol. The van der Waals surface area contributed by atoms with Gasteiger partial charge in [-0.05, 0) is 25.1 Å². The van der Waals surface area contributed by atoms with E-state index in [0.29, 0.717) is 5.82 Å². The molecule has 16 heavy (non-hydrogen) atoms. The van der Waals surface area contributed by atoms with Crippen LogP contribution < -0.4 is 0 Å². The van der Waals surface area contributed by atoms with Crippen molar-refractivity contribution in [3.8, 4) is 11.5 Å². The summed E-state index contributed by atoms with van der Waals surface area (Å²) in [7, 11) is 0. The highest BCUT2D eigenvalue weighted by Crippen LogP contribution is 2.16. The molecule has 0 saturated heterocycles. The van der Waals surface area contributed by atoms with Crippen molar-refractivity contribution in [2.24, 2.45) is 0 Å². The van der Waals surface area contributed by atoms with E-state index in [1.807, 2.05) is 25.1 Å². The topological polar surface area (TPSA) is 56.0 Å². The van der Waals surface area contributed by atoms with Gasteiger partial charge in [0.05, 0.1) is 11.2 Å². The van der Waals surface area contributed by atoms with E-state index >= 15 is 0 Å². The number of aromatic nitrogens is 5. The van der Waals surface area contributed by atoms with Gasteiger partial charge < -0.3 is 0 Å². The molecule has 5 heteroatoms. The second-order valence-corrected chi connectivity index (χ2v) is 3.46. The minimum Gasteiger partial charge on any atom is -0.235 e. The molecule has 3 aromatic heterocycles. The molecule has 0 spiro atoms. The van der Waals surface area contributed by atoms with E-state index < -0.39 is 0 Å². The Kier molecular flexibility index (Phi) is 1.89. The van der Waals surface area contributed by atoms with Gasteiger partial charge in [0.1, 0.15) is 5.69 Å². The highest BCUT2D eigenvalue weighted by atomic mass is 15.4. The summed E-state index contributed by atoms with van der Waals surface area (Å²) in [5.74, 6) is 0.651. The maximum absolute atomic E-state index is 4.21. The summed E-state index contributed by atoms with van der Waals surface area (Å²) in [5, 5.41) is 8.12. The average molecular weight is 211 g/mol. The van der Waals surface area contributed by atoms with Crippen LogP contribution in [0.4, 0.5) is 0 Å². The van der Waals surface area contributed by atoms with Crippen molar-refractivity contribution in [2.45, 2.75) is 6.92 Å². The first-order valence-corrected chi connectivity index (χ1v) is 4.95. The Hall–Kier alpha value is -2.30. The molecule has 0 N–H and O–H groups in total. The van der Waals surface area contributed by atoms with Crippen LogP contribution in [-0.4, -0.2) is 24.8 Å². The quantitative estimate of drug-likeness (QED) is 0.612. The van der Waals surface area contributed by atoms with Crippen molar-refractivity contribution in [1.29, 1.82) is 0 Å². The summed E-state index contributed by atoms with van der Waals surface area (Å²) in [4.78, 5) is 8.42. The second-order valence-electron chi connectivity index (χ2n) is 3.46. The molecule has 0 aromatic carbocycles. The average Bonchev–Trinajstić information content (AvgIpc) is 2.73. The Balaban J connectivity index is 2.32. The largest absolute Gasteiger partial charge is 0.235 e. The summed E-state index contributed by atoms with van der Waals surface area (Å²) in [6.07, 6.45) is 3.43. The third-order valence-electron chi connectivity index (χ3n) is 2.41. The predicted octanol–water partition coefficient (Wildman–Crippen LogP) is 1.49. The molecule has 0 aliphatic carbocycles. The van der Waals surface area contributed by atoms with Gasteiger partial charge >= 0.3 is 0 Å². The lowest BCUT2D eigenvalue weighted by Gasteiger charge is -2.01. The van der Waals surface area contributed by atoms with Crippen LogP contribution in [-0.2, 0) is 0 Å². The van der Waals surface area contributed by atoms with Crippen molar-refractivity contribution in [3.63, 3.8) is 0 Å². The van der Waals surface area contributed by atoms with Gasteiger partial charge in [-0.15, -0.1) is 5.10 Å². The summed E-state index contributed by atoms with van der Waals surface area (Å²) in [6.45, 7) is 1.93. The monoisotopic (exact) mass is 211 g/mol. The maximum atomic E-state index is 4.21. The molecule has 0 aliphatic heterocycles. The number of rotatable bonds is 1. The van der Waals surface area contributed by atoms with Gasteiger partial charge in [-0.25, -0.2) is 14.5 Å². The number of fused-ring (bicyclic) bond motifs is 1. The van der Waals surface area contributed by atoms with Crippen LogP contribution in [0, 0.1) is 6.92 Å². The van der Waals surface area contributed by atoms with Crippen LogP contribution in [0.3, 0.4) is 0 Å². The number of pyridine rings is 1. The van der Waals surface area contributed by atoms with Crippen LogP contribution >= 0.6 is 0 Å².